The molecule has 2 N–H and O–H groups in total. The van der Waals surface area contributed by atoms with Crippen molar-refractivity contribution in [3.63, 3.8) is 0 Å². The number of hydrogen-bond donors (Lipinski definition) is 2. The first kappa shape index (κ1) is 24.6. The Morgan fingerprint density at radius 1 is 1.03 bits per heavy atom. The Hall–Kier alpha value is -2.68. The number of H-pyrrole nitrogens is 1. The molecule has 0 radical (unpaired) electrons. The lowest BCUT2D eigenvalue weighted by molar-refractivity contribution is -0.147. The highest BCUT2D eigenvalue weighted by molar-refractivity contribution is 5.69. The molecule has 1 aliphatic rings. The summed E-state index contributed by atoms with van der Waals surface area (Å²) >= 11 is 0. The van der Waals surface area contributed by atoms with Crippen LogP contribution in [0.25, 0.3) is 0 Å². The third-order valence-corrected chi connectivity index (χ3v) is 5.15. The van der Waals surface area contributed by atoms with Gasteiger partial charge in [0.1, 0.15) is 12.7 Å². The molecule has 2 rings (SSSR count). The molecule has 9 heteroatoms. The number of nitrogens with one attached hydrogen (secondary N) is 1. The molecule has 0 fully saturated rings. The van der Waals surface area contributed by atoms with E-state index in [1.165, 1.54) is 10.8 Å². The minimum Gasteiger partial charge on any atom is -0.481 e. The zero-order valence-corrected chi connectivity index (χ0v) is 18.0. The summed E-state index contributed by atoms with van der Waals surface area (Å²) in [6.07, 6.45) is 12.1. The van der Waals surface area contributed by atoms with E-state index in [9.17, 15) is 19.2 Å². The molecule has 2 atom stereocenters. The number of aromatic nitrogens is 2. The summed E-state index contributed by atoms with van der Waals surface area (Å²) in [5, 5.41) is 8.57. The Kier molecular flexibility index (Phi) is 10.2. The van der Waals surface area contributed by atoms with Crippen molar-refractivity contribution in [2.45, 2.75) is 83.5 Å². The van der Waals surface area contributed by atoms with E-state index in [1.54, 1.807) is 19.1 Å². The summed E-state index contributed by atoms with van der Waals surface area (Å²) in [5.41, 5.74) is -0.572. The fourth-order valence-electron chi connectivity index (χ4n) is 3.37. The summed E-state index contributed by atoms with van der Waals surface area (Å²) in [7, 11) is 0. The number of rotatable bonds is 14. The van der Waals surface area contributed by atoms with Gasteiger partial charge < -0.3 is 14.6 Å². The summed E-state index contributed by atoms with van der Waals surface area (Å²) < 4.78 is 12.3. The van der Waals surface area contributed by atoms with Crippen LogP contribution in [-0.4, -0.2) is 39.3 Å². The number of ether oxygens (including phenoxy) is 2. The molecule has 0 saturated carbocycles. The predicted octanol–water partition coefficient (Wildman–Crippen LogP) is 2.83. The zero-order valence-electron chi connectivity index (χ0n) is 18.0. The van der Waals surface area contributed by atoms with Crippen LogP contribution in [0.15, 0.2) is 27.9 Å². The Labute approximate surface area is 181 Å². The molecule has 0 unspecified atom stereocenters. The first-order valence-electron chi connectivity index (χ1n) is 10.9. The van der Waals surface area contributed by atoms with Crippen LogP contribution in [0, 0.1) is 6.92 Å². The first-order chi connectivity index (χ1) is 14.9. The van der Waals surface area contributed by atoms with Gasteiger partial charge in [0.05, 0.1) is 0 Å². The smallest absolute Gasteiger partial charge is 0.330 e. The lowest BCUT2D eigenvalue weighted by atomic mass is 10.1. The average molecular weight is 437 g/mol. The second-order valence-electron chi connectivity index (χ2n) is 7.83. The summed E-state index contributed by atoms with van der Waals surface area (Å²) in [4.78, 5) is 47.9. The van der Waals surface area contributed by atoms with Crippen LogP contribution in [0.5, 0.6) is 0 Å². The standard InChI is InChI=1S/C22H32N2O7/c1-16-14-24(22(29)23-21(16)28)18-13-12-17(31-18)15-30-20(27)11-9-7-5-3-2-4-6-8-10-19(25)26/h12-14,17-18H,2-11,15H2,1H3,(H,25,26)(H,23,28,29)/t17-,18+/m0/s1. The molecular formula is C22H32N2O7. The summed E-state index contributed by atoms with van der Waals surface area (Å²) in [5.74, 6) is -1.01. The minimum absolute atomic E-state index is 0.0826. The Balaban J connectivity index is 1.53. The Bertz CT molecular complexity index is 871. The van der Waals surface area contributed by atoms with E-state index in [0.29, 0.717) is 12.0 Å². The maximum atomic E-state index is 11.9. The second-order valence-corrected chi connectivity index (χ2v) is 7.83. The summed E-state index contributed by atoms with van der Waals surface area (Å²) in [6, 6.07) is 0. The van der Waals surface area contributed by atoms with E-state index in [1.807, 2.05) is 0 Å². The third kappa shape index (κ3) is 8.92. The van der Waals surface area contributed by atoms with E-state index >= 15 is 0 Å². The average Bonchev–Trinajstić information content (AvgIpc) is 3.19. The zero-order chi connectivity index (χ0) is 22.6. The molecule has 0 saturated heterocycles. The first-order valence-corrected chi connectivity index (χ1v) is 10.9. The van der Waals surface area contributed by atoms with Crippen molar-refractivity contribution < 1.29 is 24.2 Å². The highest BCUT2D eigenvalue weighted by atomic mass is 16.6. The molecule has 1 aromatic heterocycles. The van der Waals surface area contributed by atoms with Gasteiger partial charge >= 0.3 is 17.6 Å². The van der Waals surface area contributed by atoms with Crippen molar-refractivity contribution in [2.75, 3.05) is 6.61 Å². The van der Waals surface area contributed by atoms with Gasteiger partial charge in [-0.05, 0) is 25.8 Å². The lowest BCUT2D eigenvalue weighted by Gasteiger charge is -2.16. The number of aryl methyl sites for hydroxylation is 1. The lowest BCUT2D eigenvalue weighted by Crippen LogP contribution is -2.33. The van der Waals surface area contributed by atoms with Gasteiger partial charge in [0.25, 0.3) is 5.56 Å². The van der Waals surface area contributed by atoms with Crippen molar-refractivity contribution in [1.29, 1.82) is 0 Å². The van der Waals surface area contributed by atoms with Crippen molar-refractivity contribution >= 4 is 11.9 Å². The van der Waals surface area contributed by atoms with Crippen LogP contribution in [0.2, 0.25) is 0 Å². The van der Waals surface area contributed by atoms with Crippen molar-refractivity contribution in [2.24, 2.45) is 0 Å². The van der Waals surface area contributed by atoms with E-state index in [0.717, 1.165) is 51.4 Å². The molecule has 0 aliphatic carbocycles. The number of nitrogens with zero attached hydrogens (tertiary/aromatic N) is 1. The fourth-order valence-corrected chi connectivity index (χ4v) is 3.37. The van der Waals surface area contributed by atoms with Crippen LogP contribution >= 0.6 is 0 Å². The Morgan fingerprint density at radius 2 is 1.65 bits per heavy atom. The molecule has 1 aromatic rings. The van der Waals surface area contributed by atoms with Gasteiger partial charge in [-0.3, -0.25) is 23.9 Å². The second kappa shape index (κ2) is 12.9. The highest BCUT2D eigenvalue weighted by Crippen LogP contribution is 2.20. The van der Waals surface area contributed by atoms with Crippen LogP contribution in [0.4, 0.5) is 0 Å². The normalized spacial score (nSPS) is 17.7. The number of esters is 1. The molecule has 0 aromatic carbocycles. The monoisotopic (exact) mass is 436 g/mol. The molecule has 2 heterocycles. The van der Waals surface area contributed by atoms with Gasteiger partial charge in [-0.15, -0.1) is 0 Å². The Morgan fingerprint density at radius 3 is 2.29 bits per heavy atom. The molecule has 1 aliphatic heterocycles. The van der Waals surface area contributed by atoms with Crippen molar-refractivity contribution in [3.8, 4) is 0 Å². The third-order valence-electron chi connectivity index (χ3n) is 5.15. The van der Waals surface area contributed by atoms with Crippen LogP contribution < -0.4 is 11.2 Å². The molecule has 0 amide bonds. The number of aromatic amines is 1. The van der Waals surface area contributed by atoms with Gasteiger partial charge in [-0.25, -0.2) is 4.79 Å². The molecule has 31 heavy (non-hydrogen) atoms. The van der Waals surface area contributed by atoms with Gasteiger partial charge in [-0.2, -0.15) is 0 Å². The SMILES string of the molecule is Cc1cn([C@H]2C=C[C@@H](COC(=O)CCCCCCCCCCC(=O)O)O2)c(=O)[nH]c1=O. The topological polar surface area (TPSA) is 128 Å². The predicted molar refractivity (Wildman–Crippen MR) is 114 cm³/mol. The molecule has 0 bridgehead atoms. The van der Waals surface area contributed by atoms with Gasteiger partial charge in [0.2, 0.25) is 0 Å². The quantitative estimate of drug-likeness (QED) is 0.261. The number of carbonyl (C=O) groups excluding carboxylic acids is 1. The van der Waals surface area contributed by atoms with Crippen molar-refractivity contribution in [3.05, 3.63) is 44.8 Å². The highest BCUT2D eigenvalue weighted by Gasteiger charge is 2.23. The van der Waals surface area contributed by atoms with Crippen molar-refractivity contribution in [1.82, 2.24) is 9.55 Å². The number of carbonyl (C=O) groups is 2. The van der Waals surface area contributed by atoms with Gasteiger partial charge in [0.15, 0.2) is 6.23 Å². The van der Waals surface area contributed by atoms with E-state index in [-0.39, 0.29) is 19.0 Å². The van der Waals surface area contributed by atoms with Gasteiger partial charge in [0, 0.05) is 24.6 Å². The maximum absolute atomic E-state index is 11.9. The fraction of sp³-hybridized carbons (Fsp3) is 0.636. The van der Waals surface area contributed by atoms with Crippen LogP contribution in [0.3, 0.4) is 0 Å². The number of hydrogen-bond acceptors (Lipinski definition) is 6. The maximum Gasteiger partial charge on any atom is 0.330 e. The van der Waals surface area contributed by atoms with Gasteiger partial charge in [-0.1, -0.05) is 44.6 Å². The summed E-state index contributed by atoms with van der Waals surface area (Å²) in [6.45, 7) is 1.69. The van der Waals surface area contributed by atoms with Crippen LogP contribution in [0.1, 0.15) is 76.0 Å². The van der Waals surface area contributed by atoms with Crippen LogP contribution in [-0.2, 0) is 19.1 Å². The number of unbranched alkanes of at least 4 members (excludes halogenated alkanes) is 7. The molecular weight excluding hydrogens is 404 g/mol. The number of carboxylic acid groups (broad SMARTS) is 1. The van der Waals surface area contributed by atoms with E-state index < -0.39 is 29.6 Å². The minimum atomic E-state index is -0.735. The molecule has 9 nitrogen and oxygen atoms in total. The number of aliphatic carboxylic acids is 1. The largest absolute Gasteiger partial charge is 0.481 e. The van der Waals surface area contributed by atoms with E-state index in [4.69, 9.17) is 14.6 Å². The van der Waals surface area contributed by atoms with E-state index in [2.05, 4.69) is 4.98 Å². The molecule has 0 spiro atoms. The number of carboxylic acids is 1. The molecule has 172 valence electrons.